The number of nitrogens with zero attached hydrogens (tertiary/aromatic N) is 1. The lowest BCUT2D eigenvalue weighted by Crippen LogP contribution is -2.35. The number of thiazole rings is 1. The number of nitrogens with one attached hydrogen (secondary N) is 2. The average Bonchev–Trinajstić information content (AvgIpc) is 3.14. The summed E-state index contributed by atoms with van der Waals surface area (Å²) in [7, 11) is 0. The number of benzene rings is 2. The molecule has 1 aromatic heterocycles. The Kier molecular flexibility index (Phi) is 6.48. The van der Waals surface area contributed by atoms with Crippen LogP contribution in [-0.4, -0.2) is 22.6 Å². The normalized spacial score (nSPS) is 15.2. The van der Waals surface area contributed by atoms with Crippen molar-refractivity contribution in [3.63, 3.8) is 0 Å². The Morgan fingerprint density at radius 3 is 2.55 bits per heavy atom. The second kappa shape index (κ2) is 9.32. The molecule has 6 nitrogen and oxygen atoms in total. The lowest BCUT2D eigenvalue weighted by Gasteiger charge is -2.19. The van der Waals surface area contributed by atoms with Gasteiger partial charge in [-0.15, -0.1) is 0 Å². The lowest BCUT2D eigenvalue weighted by atomic mass is 9.89. The van der Waals surface area contributed by atoms with Crippen LogP contribution in [0.3, 0.4) is 0 Å². The molecule has 33 heavy (non-hydrogen) atoms. The maximum Gasteiger partial charge on any atom is 0.261 e. The van der Waals surface area contributed by atoms with Crippen LogP contribution >= 0.6 is 22.9 Å². The molecular formula is C22H15ClF3N3O3S. The maximum absolute atomic E-state index is 14.0. The molecule has 0 radical (unpaired) electrons. The zero-order chi connectivity index (χ0) is 23.7. The second-order valence-corrected chi connectivity index (χ2v) is 8.78. The monoisotopic (exact) mass is 493 g/mol. The van der Waals surface area contributed by atoms with E-state index in [0.717, 1.165) is 35.6 Å². The highest BCUT2D eigenvalue weighted by atomic mass is 35.5. The Hall–Kier alpha value is -3.24. The van der Waals surface area contributed by atoms with E-state index in [-0.39, 0.29) is 46.5 Å². The highest BCUT2D eigenvalue weighted by Gasteiger charge is 2.33. The fourth-order valence-electron chi connectivity index (χ4n) is 3.49. The molecule has 0 saturated carbocycles. The van der Waals surface area contributed by atoms with Crippen LogP contribution in [-0.2, 0) is 17.8 Å². The summed E-state index contributed by atoms with van der Waals surface area (Å²) < 4.78 is 40.6. The van der Waals surface area contributed by atoms with Crippen LogP contribution in [0, 0.1) is 23.4 Å². The van der Waals surface area contributed by atoms with E-state index in [9.17, 15) is 27.6 Å². The molecule has 1 atom stereocenters. The fraction of sp³-hybridized carbons (Fsp3) is 0.182. The molecule has 170 valence electrons. The molecule has 0 aliphatic heterocycles. The number of halogens is 4. The summed E-state index contributed by atoms with van der Waals surface area (Å²) in [4.78, 5) is 42.0. The van der Waals surface area contributed by atoms with Crippen molar-refractivity contribution in [1.82, 2.24) is 10.3 Å². The van der Waals surface area contributed by atoms with Crippen molar-refractivity contribution in [3.05, 3.63) is 80.6 Å². The number of hydrogen-bond acceptors (Lipinski definition) is 5. The minimum absolute atomic E-state index is 0.0696. The van der Waals surface area contributed by atoms with Crippen molar-refractivity contribution < 1.29 is 27.6 Å². The van der Waals surface area contributed by atoms with Gasteiger partial charge in [0.1, 0.15) is 17.5 Å². The summed E-state index contributed by atoms with van der Waals surface area (Å²) in [5.41, 5.74) is 0.238. The van der Waals surface area contributed by atoms with Gasteiger partial charge in [-0.05, 0) is 29.8 Å². The van der Waals surface area contributed by atoms with Crippen LogP contribution in [0.5, 0.6) is 0 Å². The number of Topliss-reactive ketones (excluding diaryl/α,β-unsaturated/α-hetero) is 1. The number of carbonyl (C=O) groups is 3. The molecule has 1 heterocycles. The number of rotatable bonds is 5. The van der Waals surface area contributed by atoms with Crippen molar-refractivity contribution in [2.24, 2.45) is 5.92 Å². The molecule has 4 rings (SSSR count). The third kappa shape index (κ3) is 5.07. The molecule has 1 aliphatic carbocycles. The number of amides is 2. The largest absolute Gasteiger partial charge is 0.352 e. The van der Waals surface area contributed by atoms with E-state index in [0.29, 0.717) is 10.6 Å². The van der Waals surface area contributed by atoms with Gasteiger partial charge in [-0.25, -0.2) is 18.2 Å². The average molecular weight is 494 g/mol. The molecule has 0 unspecified atom stereocenters. The van der Waals surface area contributed by atoms with Crippen molar-refractivity contribution in [3.8, 4) is 0 Å². The zero-order valence-electron chi connectivity index (χ0n) is 16.8. The fourth-order valence-corrected chi connectivity index (χ4v) is 4.68. The van der Waals surface area contributed by atoms with E-state index in [1.807, 2.05) is 0 Å². The first-order valence-electron chi connectivity index (χ1n) is 9.72. The Morgan fingerprint density at radius 2 is 1.85 bits per heavy atom. The van der Waals surface area contributed by atoms with Gasteiger partial charge < -0.3 is 5.32 Å². The Bertz CT molecular complexity index is 1240. The van der Waals surface area contributed by atoms with Gasteiger partial charge in [0, 0.05) is 25.5 Å². The van der Waals surface area contributed by atoms with Gasteiger partial charge in [0.2, 0.25) is 5.91 Å². The van der Waals surface area contributed by atoms with Gasteiger partial charge in [-0.3, -0.25) is 19.7 Å². The van der Waals surface area contributed by atoms with Crippen LogP contribution in [0.2, 0.25) is 5.02 Å². The molecule has 0 spiro atoms. The molecule has 2 N–H and O–H groups in total. The summed E-state index contributed by atoms with van der Waals surface area (Å²) >= 11 is 6.83. The molecule has 0 bridgehead atoms. The molecule has 3 aromatic rings. The number of carbonyl (C=O) groups excluding carboxylic acids is 3. The first-order valence-corrected chi connectivity index (χ1v) is 10.9. The second-order valence-electron chi connectivity index (χ2n) is 7.37. The number of fused-ring (bicyclic) bond motifs is 1. The Balaban J connectivity index is 1.44. The minimum Gasteiger partial charge on any atom is -0.352 e. The topological polar surface area (TPSA) is 88.2 Å². The van der Waals surface area contributed by atoms with Gasteiger partial charge in [-0.2, -0.15) is 0 Å². The van der Waals surface area contributed by atoms with Crippen LogP contribution in [0.1, 0.15) is 37.7 Å². The molecule has 2 amide bonds. The van der Waals surface area contributed by atoms with Crippen LogP contribution in [0.25, 0.3) is 0 Å². The predicted octanol–water partition coefficient (Wildman–Crippen LogP) is 4.53. The van der Waals surface area contributed by atoms with Crippen molar-refractivity contribution in [1.29, 1.82) is 0 Å². The molecule has 1 aliphatic rings. The van der Waals surface area contributed by atoms with E-state index in [4.69, 9.17) is 11.6 Å². The van der Waals surface area contributed by atoms with Crippen LogP contribution < -0.4 is 10.6 Å². The lowest BCUT2D eigenvalue weighted by molar-refractivity contribution is -0.125. The van der Waals surface area contributed by atoms with Crippen molar-refractivity contribution in [2.75, 3.05) is 5.32 Å². The molecule has 0 fully saturated rings. The van der Waals surface area contributed by atoms with Gasteiger partial charge in [0.25, 0.3) is 5.91 Å². The van der Waals surface area contributed by atoms with Crippen molar-refractivity contribution in [2.45, 2.75) is 19.4 Å². The molecule has 11 heteroatoms. The molecule has 2 aromatic carbocycles. The van der Waals surface area contributed by atoms with E-state index in [1.165, 1.54) is 12.1 Å². The highest BCUT2D eigenvalue weighted by molar-refractivity contribution is 7.17. The van der Waals surface area contributed by atoms with Gasteiger partial charge >= 0.3 is 0 Å². The van der Waals surface area contributed by atoms with E-state index < -0.39 is 35.2 Å². The summed E-state index contributed by atoms with van der Waals surface area (Å²) in [6, 6.07) is 6.77. The SMILES string of the molecule is O=C1C[C@@H](C(=O)NCc2cc(F)cc(F)c2)Cc2nc(NC(=O)c3c(F)cccc3Cl)sc21. The van der Waals surface area contributed by atoms with Gasteiger partial charge in [0.05, 0.1) is 27.1 Å². The van der Waals surface area contributed by atoms with Crippen molar-refractivity contribution >= 4 is 45.7 Å². The zero-order valence-corrected chi connectivity index (χ0v) is 18.3. The first kappa shape index (κ1) is 22.9. The highest BCUT2D eigenvalue weighted by Crippen LogP contribution is 2.33. The third-order valence-electron chi connectivity index (χ3n) is 4.99. The quantitative estimate of drug-likeness (QED) is 0.546. The maximum atomic E-state index is 14.0. The van der Waals surface area contributed by atoms with Crippen LogP contribution in [0.15, 0.2) is 36.4 Å². The summed E-state index contributed by atoms with van der Waals surface area (Å²) in [5, 5.41) is 5.02. The minimum atomic E-state index is -0.812. The van der Waals surface area contributed by atoms with E-state index >= 15 is 0 Å². The standard InChI is InChI=1S/C22H15ClF3N3O3S/c23-14-2-1-3-15(26)18(14)21(32)29-22-28-16-6-11(7-17(30)19(16)33-22)20(31)27-9-10-4-12(24)8-13(25)5-10/h1-5,8,11H,6-7,9H2,(H,27,31)(H,28,29,32)/t11-/m0/s1. The predicted molar refractivity (Wildman–Crippen MR) is 116 cm³/mol. The third-order valence-corrected chi connectivity index (χ3v) is 6.36. The van der Waals surface area contributed by atoms with Gasteiger partial charge in [-0.1, -0.05) is 29.0 Å². The Labute approximate surface area is 194 Å². The molecular weight excluding hydrogens is 479 g/mol. The first-order chi connectivity index (χ1) is 15.7. The number of anilines is 1. The van der Waals surface area contributed by atoms with Gasteiger partial charge in [0.15, 0.2) is 10.9 Å². The molecule has 0 saturated heterocycles. The summed E-state index contributed by atoms with van der Waals surface area (Å²) in [6.07, 6.45) is 0.0578. The van der Waals surface area contributed by atoms with Crippen LogP contribution in [0.4, 0.5) is 18.3 Å². The summed E-state index contributed by atoms with van der Waals surface area (Å²) in [6.45, 7) is -0.104. The number of aromatic nitrogens is 1. The van der Waals surface area contributed by atoms with E-state index in [2.05, 4.69) is 15.6 Å². The Morgan fingerprint density at radius 1 is 1.12 bits per heavy atom. The summed E-state index contributed by atoms with van der Waals surface area (Å²) in [5.74, 6) is -4.64. The number of hydrogen-bond donors (Lipinski definition) is 2. The smallest absolute Gasteiger partial charge is 0.261 e. The van der Waals surface area contributed by atoms with E-state index in [1.54, 1.807) is 0 Å². The number of ketones is 1.